The molecule has 160 valence electrons. The lowest BCUT2D eigenvalue weighted by molar-refractivity contribution is -0.136. The molecule has 1 fully saturated rings. The van der Waals surface area contributed by atoms with Crippen LogP contribution in [-0.4, -0.2) is 56.4 Å². The molecule has 3 heterocycles. The monoisotopic (exact) mass is 434 g/mol. The fraction of sp³-hybridized carbons (Fsp3) is 0.421. The van der Waals surface area contributed by atoms with Crippen LogP contribution in [0, 0.1) is 0 Å². The molecule has 0 unspecified atom stereocenters. The zero-order valence-corrected chi connectivity index (χ0v) is 17.2. The summed E-state index contributed by atoms with van der Waals surface area (Å²) in [5, 5.41) is 9.46. The van der Waals surface area contributed by atoms with Crippen LogP contribution in [0.3, 0.4) is 0 Å². The van der Waals surface area contributed by atoms with Gasteiger partial charge in [-0.05, 0) is 37.1 Å². The molecule has 1 atom stereocenters. The minimum atomic E-state index is -3.34. The largest absolute Gasteiger partial charge is 0.497 e. The van der Waals surface area contributed by atoms with Crippen LogP contribution in [0.25, 0.3) is 5.69 Å². The summed E-state index contributed by atoms with van der Waals surface area (Å²) in [4.78, 5) is 24.7. The SMILES string of the molecule is COc1ccc(-n2nc3c(c2NC(=O)C(=O)NC[C@H]2CCCO2)CS(=O)(=O)C3)cc1. The lowest BCUT2D eigenvalue weighted by Gasteiger charge is -2.13. The molecule has 2 amide bonds. The van der Waals surface area contributed by atoms with E-state index >= 15 is 0 Å². The first-order valence-electron chi connectivity index (χ1n) is 9.53. The van der Waals surface area contributed by atoms with E-state index in [4.69, 9.17) is 9.47 Å². The van der Waals surface area contributed by atoms with Gasteiger partial charge in [-0.15, -0.1) is 0 Å². The molecule has 1 aromatic carbocycles. The summed E-state index contributed by atoms with van der Waals surface area (Å²) in [6.45, 7) is 0.894. The van der Waals surface area contributed by atoms with E-state index in [1.807, 2.05) is 0 Å². The van der Waals surface area contributed by atoms with Gasteiger partial charge in [-0.3, -0.25) is 9.59 Å². The van der Waals surface area contributed by atoms with Gasteiger partial charge in [-0.2, -0.15) is 5.10 Å². The summed E-state index contributed by atoms with van der Waals surface area (Å²) in [6.07, 6.45) is 1.66. The predicted octanol–water partition coefficient (Wildman–Crippen LogP) is 0.543. The molecule has 0 saturated carbocycles. The van der Waals surface area contributed by atoms with E-state index in [9.17, 15) is 18.0 Å². The molecule has 2 aliphatic rings. The molecule has 1 saturated heterocycles. The molecule has 4 rings (SSSR count). The van der Waals surface area contributed by atoms with Gasteiger partial charge in [0.2, 0.25) is 0 Å². The number of anilines is 1. The maximum absolute atomic E-state index is 12.5. The number of amides is 2. The Kier molecular flexibility index (Phi) is 5.48. The van der Waals surface area contributed by atoms with E-state index in [2.05, 4.69) is 15.7 Å². The molecule has 2 aliphatic heterocycles. The van der Waals surface area contributed by atoms with E-state index in [-0.39, 0.29) is 30.0 Å². The van der Waals surface area contributed by atoms with E-state index in [0.717, 1.165) is 12.8 Å². The second kappa shape index (κ2) is 8.07. The van der Waals surface area contributed by atoms with Crippen LogP contribution in [0.15, 0.2) is 24.3 Å². The van der Waals surface area contributed by atoms with Crippen LogP contribution < -0.4 is 15.4 Å². The molecule has 30 heavy (non-hydrogen) atoms. The number of ether oxygens (including phenoxy) is 2. The van der Waals surface area contributed by atoms with Crippen molar-refractivity contribution in [3.63, 3.8) is 0 Å². The Labute approximate surface area is 173 Å². The highest BCUT2D eigenvalue weighted by atomic mass is 32.2. The Bertz CT molecular complexity index is 1070. The van der Waals surface area contributed by atoms with Gasteiger partial charge in [-0.25, -0.2) is 13.1 Å². The standard InChI is InChI=1S/C19H22N4O6S/c1-28-13-6-4-12(5-7-13)23-17(15-10-30(26,27)11-16(15)22-23)21-19(25)18(24)20-9-14-3-2-8-29-14/h4-7,14H,2-3,8-11H2,1H3,(H,20,24)(H,21,25)/t14-/m1/s1. The third-order valence-corrected chi connectivity index (χ3v) is 6.50. The molecule has 0 aliphatic carbocycles. The summed E-state index contributed by atoms with van der Waals surface area (Å²) in [5.74, 6) is -1.35. The average Bonchev–Trinajstić information content (AvgIpc) is 3.42. The van der Waals surface area contributed by atoms with Crippen molar-refractivity contribution < 1.29 is 27.5 Å². The van der Waals surface area contributed by atoms with Gasteiger partial charge >= 0.3 is 11.8 Å². The van der Waals surface area contributed by atoms with E-state index in [1.165, 1.54) is 4.68 Å². The minimum Gasteiger partial charge on any atom is -0.497 e. The number of sulfone groups is 1. The smallest absolute Gasteiger partial charge is 0.314 e. The summed E-state index contributed by atoms with van der Waals surface area (Å²) < 4.78 is 36.1. The summed E-state index contributed by atoms with van der Waals surface area (Å²) in [6, 6.07) is 6.89. The van der Waals surface area contributed by atoms with Crippen LogP contribution in [0.2, 0.25) is 0 Å². The maximum Gasteiger partial charge on any atom is 0.314 e. The number of hydrogen-bond acceptors (Lipinski definition) is 7. The number of hydrogen-bond donors (Lipinski definition) is 2. The topological polar surface area (TPSA) is 129 Å². The first-order valence-corrected chi connectivity index (χ1v) is 11.3. The zero-order valence-electron chi connectivity index (χ0n) is 16.4. The molecule has 11 heteroatoms. The molecule has 1 aromatic heterocycles. The summed E-state index contributed by atoms with van der Waals surface area (Å²) >= 11 is 0. The van der Waals surface area contributed by atoms with E-state index in [0.29, 0.717) is 29.3 Å². The first-order chi connectivity index (χ1) is 14.4. The third-order valence-electron chi connectivity index (χ3n) is 5.06. The molecule has 0 bridgehead atoms. The average molecular weight is 434 g/mol. The number of rotatable bonds is 5. The number of fused-ring (bicyclic) bond motifs is 1. The van der Waals surface area contributed by atoms with Crippen LogP contribution in [0.5, 0.6) is 5.75 Å². The Morgan fingerprint density at radius 1 is 1.23 bits per heavy atom. The van der Waals surface area contributed by atoms with Crippen molar-refractivity contribution in [2.75, 3.05) is 25.6 Å². The Balaban J connectivity index is 1.57. The second-order valence-corrected chi connectivity index (χ2v) is 9.28. The van der Waals surface area contributed by atoms with Gasteiger partial charge in [0.15, 0.2) is 9.84 Å². The quantitative estimate of drug-likeness (QED) is 0.657. The normalized spacial score (nSPS) is 19.3. The maximum atomic E-state index is 12.5. The molecular weight excluding hydrogens is 412 g/mol. The molecule has 2 aromatic rings. The first kappa shape index (κ1) is 20.4. The number of nitrogens with one attached hydrogen (secondary N) is 2. The number of benzene rings is 1. The fourth-order valence-corrected chi connectivity index (χ4v) is 5.03. The number of nitrogens with zero attached hydrogens (tertiary/aromatic N) is 2. The molecular formula is C19H22N4O6S. The number of carbonyl (C=O) groups is 2. The number of aromatic nitrogens is 2. The van der Waals surface area contributed by atoms with Crippen molar-refractivity contribution in [3.8, 4) is 11.4 Å². The molecule has 2 N–H and O–H groups in total. The van der Waals surface area contributed by atoms with Crippen molar-refractivity contribution in [2.45, 2.75) is 30.5 Å². The van der Waals surface area contributed by atoms with E-state index < -0.39 is 21.7 Å². The molecule has 0 radical (unpaired) electrons. The van der Waals surface area contributed by atoms with Crippen molar-refractivity contribution in [1.82, 2.24) is 15.1 Å². The highest BCUT2D eigenvalue weighted by molar-refractivity contribution is 7.90. The highest BCUT2D eigenvalue weighted by Crippen LogP contribution is 2.33. The minimum absolute atomic E-state index is 0.0963. The van der Waals surface area contributed by atoms with Crippen LogP contribution in [0.4, 0.5) is 5.82 Å². The van der Waals surface area contributed by atoms with Crippen molar-refractivity contribution in [3.05, 3.63) is 35.5 Å². The van der Waals surface area contributed by atoms with Gasteiger partial charge in [0.25, 0.3) is 0 Å². The fourth-order valence-electron chi connectivity index (χ4n) is 3.54. The number of carbonyl (C=O) groups excluding carboxylic acids is 2. The van der Waals surface area contributed by atoms with E-state index in [1.54, 1.807) is 31.4 Å². The van der Waals surface area contributed by atoms with Crippen LogP contribution >= 0.6 is 0 Å². The molecule has 10 nitrogen and oxygen atoms in total. The zero-order chi connectivity index (χ0) is 21.3. The third kappa shape index (κ3) is 4.17. The van der Waals surface area contributed by atoms with Crippen molar-refractivity contribution in [2.24, 2.45) is 0 Å². The van der Waals surface area contributed by atoms with Gasteiger partial charge in [0.1, 0.15) is 11.6 Å². The van der Waals surface area contributed by atoms with Crippen molar-refractivity contribution in [1.29, 1.82) is 0 Å². The van der Waals surface area contributed by atoms with Crippen molar-refractivity contribution >= 4 is 27.5 Å². The Morgan fingerprint density at radius 2 is 2.00 bits per heavy atom. The van der Waals surface area contributed by atoms with Gasteiger partial charge in [-0.1, -0.05) is 0 Å². The summed E-state index contributed by atoms with van der Waals surface area (Å²) in [7, 11) is -1.79. The molecule has 0 spiro atoms. The Morgan fingerprint density at radius 3 is 2.67 bits per heavy atom. The lowest BCUT2D eigenvalue weighted by Crippen LogP contribution is -2.39. The predicted molar refractivity (Wildman–Crippen MR) is 107 cm³/mol. The van der Waals surface area contributed by atoms with Crippen LogP contribution in [-0.2, 0) is 35.7 Å². The second-order valence-electron chi connectivity index (χ2n) is 7.22. The van der Waals surface area contributed by atoms with Gasteiger partial charge < -0.3 is 20.1 Å². The highest BCUT2D eigenvalue weighted by Gasteiger charge is 2.34. The van der Waals surface area contributed by atoms with Crippen LogP contribution in [0.1, 0.15) is 24.1 Å². The number of methoxy groups -OCH3 is 1. The lowest BCUT2D eigenvalue weighted by atomic mass is 10.2. The van der Waals surface area contributed by atoms with Gasteiger partial charge in [0.05, 0.1) is 36.1 Å². The van der Waals surface area contributed by atoms with Gasteiger partial charge in [0, 0.05) is 18.7 Å². The summed E-state index contributed by atoms with van der Waals surface area (Å²) in [5.41, 5.74) is 1.35. The Hall–Kier alpha value is -2.92.